The van der Waals surface area contributed by atoms with Gasteiger partial charge >= 0.3 is 0 Å². The van der Waals surface area contributed by atoms with Gasteiger partial charge in [-0.05, 0) is 25.1 Å². The highest BCUT2D eigenvalue weighted by Crippen LogP contribution is 2.31. The highest BCUT2D eigenvalue weighted by atomic mass is 16.5. The number of nitrogens with zero attached hydrogens (tertiary/aromatic N) is 2. The Bertz CT molecular complexity index is 582. The monoisotopic (exact) mass is 304 g/mol. The Hall–Kier alpha value is -1.92. The van der Waals surface area contributed by atoms with Gasteiger partial charge in [0, 0.05) is 26.2 Å². The van der Waals surface area contributed by atoms with Gasteiger partial charge in [-0.2, -0.15) is 0 Å². The number of amides is 1. The van der Waals surface area contributed by atoms with Crippen LogP contribution in [0.25, 0.3) is 0 Å². The molecule has 1 amide bonds. The number of ketones is 1. The number of benzene rings is 1. The summed E-state index contributed by atoms with van der Waals surface area (Å²) in [7, 11) is 0. The Kier molecular flexibility index (Phi) is 4.40. The van der Waals surface area contributed by atoms with Crippen LogP contribution in [0.4, 0.5) is 5.69 Å². The fourth-order valence-electron chi connectivity index (χ4n) is 2.82. The first-order valence-corrected chi connectivity index (χ1v) is 7.64. The van der Waals surface area contributed by atoms with Crippen LogP contribution >= 0.6 is 0 Å². The minimum Gasteiger partial charge on any atom is -0.494 e. The molecule has 0 spiro atoms. The molecule has 1 fully saturated rings. The molecule has 2 aliphatic rings. The van der Waals surface area contributed by atoms with Crippen molar-refractivity contribution in [2.24, 2.45) is 0 Å². The second kappa shape index (κ2) is 6.46. The van der Waals surface area contributed by atoms with Gasteiger partial charge in [0.15, 0.2) is 0 Å². The van der Waals surface area contributed by atoms with Crippen molar-refractivity contribution in [3.63, 3.8) is 0 Å². The normalized spacial score (nSPS) is 18.7. The summed E-state index contributed by atoms with van der Waals surface area (Å²) < 4.78 is 10.7. The molecule has 0 saturated carbocycles. The van der Waals surface area contributed by atoms with Crippen molar-refractivity contribution >= 4 is 17.4 Å². The Morgan fingerprint density at radius 3 is 2.68 bits per heavy atom. The summed E-state index contributed by atoms with van der Waals surface area (Å²) in [6.45, 7) is 6.86. The summed E-state index contributed by atoms with van der Waals surface area (Å²) in [5, 5.41) is 0. The second-order valence-corrected chi connectivity index (χ2v) is 5.35. The molecular formula is C16H20N2O4. The van der Waals surface area contributed by atoms with Crippen molar-refractivity contribution in [2.75, 3.05) is 50.9 Å². The van der Waals surface area contributed by atoms with E-state index < -0.39 is 11.7 Å². The number of morpholine rings is 1. The first-order chi connectivity index (χ1) is 10.7. The van der Waals surface area contributed by atoms with Crippen molar-refractivity contribution < 1.29 is 19.1 Å². The lowest BCUT2D eigenvalue weighted by Gasteiger charge is -2.28. The number of rotatable bonds is 5. The minimum absolute atomic E-state index is 0.443. The number of ether oxygens (including phenoxy) is 2. The van der Waals surface area contributed by atoms with Gasteiger partial charge in [-0.25, -0.2) is 0 Å². The third kappa shape index (κ3) is 2.84. The van der Waals surface area contributed by atoms with Gasteiger partial charge in [0.1, 0.15) is 5.75 Å². The van der Waals surface area contributed by atoms with E-state index in [2.05, 4.69) is 4.90 Å². The van der Waals surface area contributed by atoms with E-state index >= 15 is 0 Å². The van der Waals surface area contributed by atoms with Crippen molar-refractivity contribution in [3.05, 3.63) is 23.8 Å². The van der Waals surface area contributed by atoms with Gasteiger partial charge in [-0.15, -0.1) is 0 Å². The lowest BCUT2D eigenvalue weighted by molar-refractivity contribution is -0.114. The molecule has 0 atom stereocenters. The predicted octanol–water partition coefficient (Wildman–Crippen LogP) is 0.947. The molecule has 22 heavy (non-hydrogen) atoms. The van der Waals surface area contributed by atoms with Crippen molar-refractivity contribution in [3.8, 4) is 5.75 Å². The molecule has 1 aromatic rings. The summed E-state index contributed by atoms with van der Waals surface area (Å²) in [5.41, 5.74) is 1.13. The molecule has 1 aromatic carbocycles. The smallest absolute Gasteiger partial charge is 0.299 e. The van der Waals surface area contributed by atoms with Crippen LogP contribution in [0, 0.1) is 0 Å². The van der Waals surface area contributed by atoms with E-state index in [4.69, 9.17) is 9.47 Å². The van der Waals surface area contributed by atoms with E-state index in [0.29, 0.717) is 30.2 Å². The molecule has 1 saturated heterocycles. The molecule has 2 heterocycles. The van der Waals surface area contributed by atoms with E-state index in [1.54, 1.807) is 23.1 Å². The standard InChI is InChI=1S/C16H20N2O4/c1-2-22-12-3-4-14-13(11-12)15(19)16(20)18(14)6-5-17-7-9-21-10-8-17/h3-4,11H,2,5-10H2,1H3. The van der Waals surface area contributed by atoms with Crippen molar-refractivity contribution in [2.45, 2.75) is 6.92 Å². The van der Waals surface area contributed by atoms with Gasteiger partial charge in [0.05, 0.1) is 31.1 Å². The highest BCUT2D eigenvalue weighted by Gasteiger charge is 2.36. The maximum Gasteiger partial charge on any atom is 0.299 e. The van der Waals surface area contributed by atoms with E-state index in [9.17, 15) is 9.59 Å². The number of carbonyl (C=O) groups excluding carboxylic acids is 2. The van der Waals surface area contributed by atoms with E-state index in [-0.39, 0.29) is 0 Å². The first kappa shape index (κ1) is 15.0. The summed E-state index contributed by atoms with van der Waals surface area (Å²) in [6, 6.07) is 5.26. The van der Waals surface area contributed by atoms with Gasteiger partial charge in [0.2, 0.25) is 0 Å². The SMILES string of the molecule is CCOc1ccc2c(c1)C(=O)C(=O)N2CCN1CCOCC1. The topological polar surface area (TPSA) is 59.1 Å². The van der Waals surface area contributed by atoms with E-state index in [1.807, 2.05) is 6.92 Å². The minimum atomic E-state index is -0.447. The average molecular weight is 304 g/mol. The summed E-state index contributed by atoms with van der Waals surface area (Å²) in [4.78, 5) is 28.1. The molecule has 118 valence electrons. The number of Topliss-reactive ketones (excluding diaryl/α,β-unsaturated/α-hetero) is 1. The number of fused-ring (bicyclic) bond motifs is 1. The predicted molar refractivity (Wildman–Crippen MR) is 81.6 cm³/mol. The lowest BCUT2D eigenvalue weighted by Crippen LogP contribution is -2.42. The van der Waals surface area contributed by atoms with Crippen LogP contribution in [0.5, 0.6) is 5.75 Å². The maximum atomic E-state index is 12.2. The zero-order valence-corrected chi connectivity index (χ0v) is 12.7. The summed E-state index contributed by atoms with van der Waals surface area (Å²) in [6.07, 6.45) is 0. The van der Waals surface area contributed by atoms with Gasteiger partial charge in [-0.3, -0.25) is 14.5 Å². The van der Waals surface area contributed by atoms with E-state index in [0.717, 1.165) is 32.8 Å². The zero-order valence-electron chi connectivity index (χ0n) is 12.7. The molecule has 6 heteroatoms. The molecular weight excluding hydrogens is 284 g/mol. The first-order valence-electron chi connectivity index (χ1n) is 7.64. The van der Waals surface area contributed by atoms with E-state index in [1.165, 1.54) is 0 Å². The molecule has 0 N–H and O–H groups in total. The largest absolute Gasteiger partial charge is 0.494 e. The fraction of sp³-hybridized carbons (Fsp3) is 0.500. The molecule has 0 aliphatic carbocycles. The molecule has 0 aromatic heterocycles. The Balaban J connectivity index is 1.73. The average Bonchev–Trinajstić information content (AvgIpc) is 2.78. The second-order valence-electron chi connectivity index (χ2n) is 5.35. The summed E-state index contributed by atoms with van der Waals surface area (Å²) in [5.74, 6) is -0.270. The molecule has 3 rings (SSSR count). The fourth-order valence-corrected chi connectivity index (χ4v) is 2.82. The Morgan fingerprint density at radius 1 is 1.18 bits per heavy atom. The Morgan fingerprint density at radius 2 is 1.95 bits per heavy atom. The molecule has 6 nitrogen and oxygen atoms in total. The van der Waals surface area contributed by atoms with Crippen LogP contribution < -0.4 is 9.64 Å². The number of hydrogen-bond donors (Lipinski definition) is 0. The number of anilines is 1. The van der Waals surface area contributed by atoms with Crippen molar-refractivity contribution in [1.82, 2.24) is 4.90 Å². The van der Waals surface area contributed by atoms with Crippen LogP contribution in [0.1, 0.15) is 17.3 Å². The van der Waals surface area contributed by atoms with Crippen LogP contribution in [0.15, 0.2) is 18.2 Å². The van der Waals surface area contributed by atoms with Crippen LogP contribution in [0.2, 0.25) is 0 Å². The Labute approximate surface area is 129 Å². The molecule has 0 radical (unpaired) electrons. The quantitative estimate of drug-likeness (QED) is 0.758. The van der Waals surface area contributed by atoms with Gasteiger partial charge in [0.25, 0.3) is 11.7 Å². The van der Waals surface area contributed by atoms with Crippen molar-refractivity contribution in [1.29, 1.82) is 0 Å². The maximum absolute atomic E-state index is 12.2. The highest BCUT2D eigenvalue weighted by molar-refractivity contribution is 6.52. The van der Waals surface area contributed by atoms with Crippen LogP contribution in [0.3, 0.4) is 0 Å². The molecule has 0 bridgehead atoms. The van der Waals surface area contributed by atoms with Gasteiger partial charge in [-0.1, -0.05) is 0 Å². The molecule has 2 aliphatic heterocycles. The third-order valence-corrected chi connectivity index (χ3v) is 4.00. The van der Waals surface area contributed by atoms with Gasteiger partial charge < -0.3 is 14.4 Å². The lowest BCUT2D eigenvalue weighted by atomic mass is 10.1. The number of carbonyl (C=O) groups is 2. The molecule has 0 unspecified atom stereocenters. The zero-order chi connectivity index (χ0) is 15.5. The number of hydrogen-bond acceptors (Lipinski definition) is 5. The third-order valence-electron chi connectivity index (χ3n) is 4.00. The van der Waals surface area contributed by atoms with Crippen LogP contribution in [-0.2, 0) is 9.53 Å². The summed E-state index contributed by atoms with van der Waals surface area (Å²) >= 11 is 0. The van der Waals surface area contributed by atoms with Crippen LogP contribution in [-0.4, -0.2) is 62.6 Å².